The summed E-state index contributed by atoms with van der Waals surface area (Å²) < 4.78 is 11.1. The van der Waals surface area contributed by atoms with Gasteiger partial charge in [-0.25, -0.2) is 0 Å². The number of amides is 1. The number of Topliss-reactive ketones (excluding diaryl/α,β-unsaturated/α-hetero) is 1. The monoisotopic (exact) mass is 471 g/mol. The van der Waals surface area contributed by atoms with E-state index in [2.05, 4.69) is 0 Å². The third kappa shape index (κ3) is 5.12. The van der Waals surface area contributed by atoms with Crippen molar-refractivity contribution in [3.05, 3.63) is 106 Å². The van der Waals surface area contributed by atoms with Crippen LogP contribution >= 0.6 is 0 Å². The zero-order valence-electron chi connectivity index (χ0n) is 20.2. The Labute approximate surface area is 205 Å². The van der Waals surface area contributed by atoms with Gasteiger partial charge in [0.1, 0.15) is 18.1 Å². The number of hydrogen-bond donors (Lipinski definition) is 1. The summed E-state index contributed by atoms with van der Waals surface area (Å²) in [5.41, 5.74) is 4.55. The largest absolute Gasteiger partial charge is 0.507 e. The lowest BCUT2D eigenvalue weighted by Crippen LogP contribution is -2.32. The molecule has 1 fully saturated rings. The number of aliphatic hydroxyl groups is 1. The molecule has 0 saturated carbocycles. The molecule has 6 heteroatoms. The molecule has 0 aliphatic carbocycles. The van der Waals surface area contributed by atoms with Gasteiger partial charge in [-0.1, -0.05) is 66.2 Å². The number of hydrogen-bond acceptors (Lipinski definition) is 5. The van der Waals surface area contributed by atoms with Gasteiger partial charge in [0, 0.05) is 19.2 Å². The minimum absolute atomic E-state index is 0.0727. The van der Waals surface area contributed by atoms with E-state index in [1.165, 1.54) is 4.90 Å². The molecule has 1 atom stereocenters. The summed E-state index contributed by atoms with van der Waals surface area (Å²) in [5, 5.41) is 11.1. The lowest BCUT2D eigenvalue weighted by Gasteiger charge is -2.25. The Hall–Kier alpha value is -3.90. The molecule has 0 aromatic heterocycles. The number of carbonyl (C=O) groups is 2. The predicted octanol–water partition coefficient (Wildman–Crippen LogP) is 4.95. The van der Waals surface area contributed by atoms with Gasteiger partial charge in [0.05, 0.1) is 18.2 Å². The lowest BCUT2D eigenvalue weighted by molar-refractivity contribution is -0.140. The second-order valence-electron chi connectivity index (χ2n) is 8.64. The topological polar surface area (TPSA) is 76.1 Å². The number of nitrogens with zero attached hydrogens (tertiary/aromatic N) is 1. The highest BCUT2D eigenvalue weighted by molar-refractivity contribution is 6.46. The Bertz CT molecular complexity index is 1240. The third-order valence-electron chi connectivity index (χ3n) is 6.25. The number of carbonyl (C=O) groups excluding carboxylic acids is 2. The van der Waals surface area contributed by atoms with Crippen LogP contribution in [-0.4, -0.2) is 42.0 Å². The normalized spacial score (nSPS) is 17.1. The molecule has 1 saturated heterocycles. The SMILES string of the molecule is COCCN1C(=O)C(=O)/C(=C(\O)c2ccc(C)cc2)C1c1ccc(OCc2ccccc2C)cc1. The first-order chi connectivity index (χ1) is 16.9. The Kier molecular flexibility index (Phi) is 7.32. The number of benzene rings is 3. The van der Waals surface area contributed by atoms with Crippen LogP contribution < -0.4 is 4.74 Å². The van der Waals surface area contributed by atoms with Crippen molar-refractivity contribution in [3.63, 3.8) is 0 Å². The Morgan fingerprint density at radius 1 is 0.943 bits per heavy atom. The number of methoxy groups -OCH3 is 1. The first kappa shape index (κ1) is 24.2. The zero-order valence-corrected chi connectivity index (χ0v) is 20.2. The van der Waals surface area contributed by atoms with Gasteiger partial charge in [-0.2, -0.15) is 0 Å². The van der Waals surface area contributed by atoms with Crippen LogP contribution in [0.25, 0.3) is 5.76 Å². The number of aryl methyl sites for hydroxylation is 2. The van der Waals surface area contributed by atoms with Crippen LogP contribution in [0.5, 0.6) is 5.75 Å². The molecular formula is C29H29NO5. The fourth-order valence-electron chi connectivity index (χ4n) is 4.19. The van der Waals surface area contributed by atoms with Crippen LogP contribution in [0.1, 0.15) is 33.9 Å². The van der Waals surface area contributed by atoms with Gasteiger partial charge in [0.25, 0.3) is 11.7 Å². The molecule has 3 aromatic rings. The van der Waals surface area contributed by atoms with Crippen LogP contribution in [0.2, 0.25) is 0 Å². The van der Waals surface area contributed by atoms with Gasteiger partial charge in [-0.15, -0.1) is 0 Å². The summed E-state index contributed by atoms with van der Waals surface area (Å²) in [6.07, 6.45) is 0. The Balaban J connectivity index is 1.66. The average Bonchev–Trinajstić information content (AvgIpc) is 3.12. The number of ether oxygens (including phenoxy) is 2. The highest BCUT2D eigenvalue weighted by Gasteiger charge is 2.45. The molecule has 0 bridgehead atoms. The molecule has 180 valence electrons. The van der Waals surface area contributed by atoms with Gasteiger partial charge in [0.2, 0.25) is 0 Å². The maximum atomic E-state index is 13.0. The van der Waals surface area contributed by atoms with Crippen molar-refractivity contribution in [2.75, 3.05) is 20.3 Å². The van der Waals surface area contributed by atoms with E-state index >= 15 is 0 Å². The summed E-state index contributed by atoms with van der Waals surface area (Å²) in [5.74, 6) is -0.873. The zero-order chi connectivity index (χ0) is 24.9. The molecule has 35 heavy (non-hydrogen) atoms. The molecule has 0 radical (unpaired) electrons. The fraction of sp³-hybridized carbons (Fsp3) is 0.241. The molecule has 6 nitrogen and oxygen atoms in total. The quantitative estimate of drug-likeness (QED) is 0.286. The number of aliphatic hydroxyl groups excluding tert-OH is 1. The van der Waals surface area contributed by atoms with Crippen LogP contribution in [0.4, 0.5) is 0 Å². The molecule has 4 rings (SSSR count). The van der Waals surface area contributed by atoms with Gasteiger partial charge in [0.15, 0.2) is 0 Å². The molecule has 3 aromatic carbocycles. The van der Waals surface area contributed by atoms with Gasteiger partial charge < -0.3 is 19.5 Å². The van der Waals surface area contributed by atoms with E-state index in [1.807, 2.05) is 74.5 Å². The second kappa shape index (κ2) is 10.6. The van der Waals surface area contributed by atoms with Gasteiger partial charge >= 0.3 is 0 Å². The summed E-state index contributed by atoms with van der Waals surface area (Å²) in [6, 6.07) is 21.8. The van der Waals surface area contributed by atoms with Crippen molar-refractivity contribution in [1.82, 2.24) is 4.90 Å². The highest BCUT2D eigenvalue weighted by Crippen LogP contribution is 2.39. The highest BCUT2D eigenvalue weighted by atomic mass is 16.5. The van der Waals surface area contributed by atoms with Gasteiger partial charge in [-0.05, 0) is 42.7 Å². The third-order valence-corrected chi connectivity index (χ3v) is 6.25. The molecule has 1 aliphatic heterocycles. The first-order valence-corrected chi connectivity index (χ1v) is 11.5. The van der Waals surface area contributed by atoms with Crippen LogP contribution in [0, 0.1) is 13.8 Å². The average molecular weight is 472 g/mol. The van der Waals surface area contributed by atoms with E-state index in [1.54, 1.807) is 19.2 Å². The number of likely N-dealkylation sites (tertiary alicyclic amines) is 1. The standard InChI is InChI=1S/C29H29NO5/c1-19-8-10-22(11-9-19)27(31)25-26(30(16-17-34-3)29(33)28(25)32)21-12-14-24(15-13-21)35-18-23-7-5-4-6-20(23)2/h4-15,26,31H,16-18H2,1-3H3/b27-25-. The minimum atomic E-state index is -0.725. The van der Waals surface area contributed by atoms with E-state index < -0.39 is 17.7 Å². The van der Waals surface area contributed by atoms with E-state index in [0.717, 1.165) is 16.7 Å². The Morgan fingerprint density at radius 2 is 1.63 bits per heavy atom. The van der Waals surface area contributed by atoms with Crippen LogP contribution in [0.3, 0.4) is 0 Å². The summed E-state index contributed by atoms with van der Waals surface area (Å²) >= 11 is 0. The minimum Gasteiger partial charge on any atom is -0.507 e. The van der Waals surface area contributed by atoms with Crippen molar-refractivity contribution < 1.29 is 24.2 Å². The smallest absolute Gasteiger partial charge is 0.295 e. The molecule has 1 heterocycles. The van der Waals surface area contributed by atoms with Crippen molar-refractivity contribution in [2.24, 2.45) is 0 Å². The van der Waals surface area contributed by atoms with Crippen LogP contribution in [-0.2, 0) is 20.9 Å². The molecule has 0 spiro atoms. The lowest BCUT2D eigenvalue weighted by atomic mass is 9.95. The Morgan fingerprint density at radius 3 is 2.29 bits per heavy atom. The summed E-state index contributed by atoms with van der Waals surface area (Å²) in [4.78, 5) is 27.4. The predicted molar refractivity (Wildman–Crippen MR) is 134 cm³/mol. The van der Waals surface area contributed by atoms with E-state index in [4.69, 9.17) is 9.47 Å². The second-order valence-corrected chi connectivity index (χ2v) is 8.64. The van der Waals surface area contributed by atoms with E-state index in [0.29, 0.717) is 23.5 Å². The van der Waals surface area contributed by atoms with Gasteiger partial charge in [-0.3, -0.25) is 9.59 Å². The van der Waals surface area contributed by atoms with Crippen molar-refractivity contribution in [3.8, 4) is 5.75 Å². The fourth-order valence-corrected chi connectivity index (χ4v) is 4.19. The van der Waals surface area contributed by atoms with Crippen molar-refractivity contribution in [2.45, 2.75) is 26.5 Å². The number of ketones is 1. The molecule has 1 aliphatic rings. The van der Waals surface area contributed by atoms with Crippen molar-refractivity contribution >= 4 is 17.4 Å². The van der Waals surface area contributed by atoms with Crippen molar-refractivity contribution in [1.29, 1.82) is 0 Å². The number of rotatable bonds is 8. The first-order valence-electron chi connectivity index (χ1n) is 11.5. The molecular weight excluding hydrogens is 442 g/mol. The molecule has 1 unspecified atom stereocenters. The molecule has 1 amide bonds. The summed E-state index contributed by atoms with van der Waals surface area (Å²) in [7, 11) is 1.54. The van der Waals surface area contributed by atoms with Crippen LogP contribution in [0.15, 0.2) is 78.4 Å². The van der Waals surface area contributed by atoms with E-state index in [9.17, 15) is 14.7 Å². The summed E-state index contributed by atoms with van der Waals surface area (Å²) in [6.45, 7) is 4.91. The molecule has 1 N–H and O–H groups in total. The maximum Gasteiger partial charge on any atom is 0.295 e. The maximum absolute atomic E-state index is 13.0. The van der Waals surface area contributed by atoms with E-state index in [-0.39, 0.29) is 24.5 Å².